The smallest absolute Gasteiger partial charge is 0.133 e. The molecule has 0 unspecified atom stereocenters. The summed E-state index contributed by atoms with van der Waals surface area (Å²) in [6.07, 6.45) is 1.17. The number of halogens is 1. The summed E-state index contributed by atoms with van der Waals surface area (Å²) in [4.78, 5) is 0. The van der Waals surface area contributed by atoms with E-state index in [-0.39, 0.29) is 5.41 Å². The summed E-state index contributed by atoms with van der Waals surface area (Å²) in [7, 11) is 0. The number of hydrogen-bond donors (Lipinski definition) is 1. The molecule has 0 saturated heterocycles. The molecule has 0 atom stereocenters. The molecule has 1 rings (SSSR count). The number of benzene rings is 1. The third-order valence-corrected chi connectivity index (χ3v) is 3.14. The fourth-order valence-electron chi connectivity index (χ4n) is 1.49. The Hall–Kier alpha value is -0.540. The van der Waals surface area contributed by atoms with Gasteiger partial charge in [0.05, 0.1) is 11.1 Å². The van der Waals surface area contributed by atoms with Crippen LogP contribution in [0.25, 0.3) is 0 Å². The van der Waals surface area contributed by atoms with Gasteiger partial charge >= 0.3 is 0 Å². The highest BCUT2D eigenvalue weighted by Gasteiger charge is 2.18. The van der Waals surface area contributed by atoms with Gasteiger partial charge in [0, 0.05) is 12.0 Å². The summed E-state index contributed by atoms with van der Waals surface area (Å²) < 4.78 is 6.86. The average Bonchev–Trinajstić information content (AvgIpc) is 2.28. The van der Waals surface area contributed by atoms with Crippen LogP contribution in [0, 0.1) is 5.41 Å². The van der Waals surface area contributed by atoms with Gasteiger partial charge in [-0.15, -0.1) is 0 Å². The monoisotopic (exact) mass is 299 g/mol. The SMILES string of the molecule is CCCNCC(C)(C)COc1ccccc1Br. The van der Waals surface area contributed by atoms with E-state index < -0.39 is 0 Å². The van der Waals surface area contributed by atoms with Crippen molar-refractivity contribution in [2.45, 2.75) is 27.2 Å². The summed E-state index contributed by atoms with van der Waals surface area (Å²) in [5.41, 5.74) is 0.143. The first-order valence-electron chi connectivity index (χ1n) is 6.13. The Bertz CT molecular complexity index is 339. The van der Waals surface area contributed by atoms with E-state index in [0.717, 1.165) is 23.3 Å². The fourth-order valence-corrected chi connectivity index (χ4v) is 1.89. The summed E-state index contributed by atoms with van der Waals surface area (Å²) >= 11 is 3.49. The maximum atomic E-state index is 5.85. The second-order valence-electron chi connectivity index (χ2n) is 5.06. The van der Waals surface area contributed by atoms with E-state index >= 15 is 0 Å². The summed E-state index contributed by atoms with van der Waals surface area (Å²) in [5, 5.41) is 3.43. The van der Waals surface area contributed by atoms with Crippen molar-refractivity contribution in [3.63, 3.8) is 0 Å². The Kier molecular flexibility index (Phi) is 6.00. The first kappa shape index (κ1) is 14.5. The predicted octanol–water partition coefficient (Wildman–Crippen LogP) is 3.85. The number of hydrogen-bond acceptors (Lipinski definition) is 2. The largest absolute Gasteiger partial charge is 0.492 e. The Balaban J connectivity index is 2.41. The van der Waals surface area contributed by atoms with Gasteiger partial charge in [-0.3, -0.25) is 0 Å². The zero-order valence-corrected chi connectivity index (χ0v) is 12.5. The van der Waals surface area contributed by atoms with Crippen LogP contribution in [-0.2, 0) is 0 Å². The minimum atomic E-state index is 0.143. The van der Waals surface area contributed by atoms with Gasteiger partial charge in [0.1, 0.15) is 5.75 Å². The minimum Gasteiger partial charge on any atom is -0.492 e. The van der Waals surface area contributed by atoms with Gasteiger partial charge in [0.25, 0.3) is 0 Å². The number of nitrogens with one attached hydrogen (secondary N) is 1. The maximum absolute atomic E-state index is 5.85. The normalized spacial score (nSPS) is 11.5. The molecule has 96 valence electrons. The van der Waals surface area contributed by atoms with Crippen LogP contribution < -0.4 is 10.1 Å². The molecule has 17 heavy (non-hydrogen) atoms. The van der Waals surface area contributed by atoms with Crippen molar-refractivity contribution in [1.29, 1.82) is 0 Å². The van der Waals surface area contributed by atoms with Crippen molar-refractivity contribution < 1.29 is 4.74 Å². The van der Waals surface area contributed by atoms with Crippen molar-refractivity contribution >= 4 is 15.9 Å². The number of rotatable bonds is 7. The van der Waals surface area contributed by atoms with Crippen molar-refractivity contribution in [2.24, 2.45) is 5.41 Å². The third kappa shape index (κ3) is 5.55. The second-order valence-corrected chi connectivity index (χ2v) is 5.91. The fraction of sp³-hybridized carbons (Fsp3) is 0.571. The lowest BCUT2D eigenvalue weighted by atomic mass is 9.95. The number of para-hydroxylation sites is 1. The summed E-state index contributed by atoms with van der Waals surface area (Å²) in [6.45, 7) is 9.37. The van der Waals surface area contributed by atoms with E-state index in [1.54, 1.807) is 0 Å². The van der Waals surface area contributed by atoms with Crippen LogP contribution in [0.1, 0.15) is 27.2 Å². The molecular formula is C14H22BrNO. The first-order chi connectivity index (χ1) is 8.05. The average molecular weight is 300 g/mol. The topological polar surface area (TPSA) is 21.3 Å². The zero-order valence-electron chi connectivity index (χ0n) is 10.9. The van der Waals surface area contributed by atoms with Crippen LogP contribution in [0.3, 0.4) is 0 Å². The molecule has 0 spiro atoms. The van der Waals surface area contributed by atoms with Crippen molar-refractivity contribution in [3.05, 3.63) is 28.7 Å². The van der Waals surface area contributed by atoms with Gasteiger partial charge in [0.2, 0.25) is 0 Å². The Morgan fingerprint density at radius 3 is 2.65 bits per heavy atom. The van der Waals surface area contributed by atoms with E-state index in [1.807, 2.05) is 24.3 Å². The first-order valence-corrected chi connectivity index (χ1v) is 6.92. The third-order valence-electron chi connectivity index (χ3n) is 2.49. The molecule has 1 aromatic rings. The molecule has 0 amide bonds. The second kappa shape index (κ2) is 7.02. The van der Waals surface area contributed by atoms with Gasteiger partial charge in [-0.05, 0) is 41.0 Å². The van der Waals surface area contributed by atoms with E-state index in [9.17, 15) is 0 Å². The molecule has 0 fully saturated rings. The molecular weight excluding hydrogens is 278 g/mol. The molecule has 0 aliphatic rings. The lowest BCUT2D eigenvalue weighted by molar-refractivity contribution is 0.176. The quantitative estimate of drug-likeness (QED) is 0.772. The van der Waals surface area contributed by atoms with E-state index in [1.165, 1.54) is 6.42 Å². The highest BCUT2D eigenvalue weighted by Crippen LogP contribution is 2.26. The van der Waals surface area contributed by atoms with E-state index in [0.29, 0.717) is 6.61 Å². The van der Waals surface area contributed by atoms with Crippen LogP contribution in [0.15, 0.2) is 28.7 Å². The van der Waals surface area contributed by atoms with Gasteiger partial charge < -0.3 is 10.1 Å². The van der Waals surface area contributed by atoms with Gasteiger partial charge in [0.15, 0.2) is 0 Å². The Morgan fingerprint density at radius 2 is 2.00 bits per heavy atom. The molecule has 1 aromatic carbocycles. The Labute approximate surface area is 113 Å². The standard InChI is InChI=1S/C14H22BrNO/c1-4-9-16-10-14(2,3)11-17-13-8-6-5-7-12(13)15/h5-8,16H,4,9-11H2,1-3H3. The van der Waals surface area contributed by atoms with Crippen molar-refractivity contribution in [1.82, 2.24) is 5.32 Å². The van der Waals surface area contributed by atoms with Crippen LogP contribution >= 0.6 is 15.9 Å². The predicted molar refractivity (Wildman–Crippen MR) is 76.6 cm³/mol. The van der Waals surface area contributed by atoms with Crippen molar-refractivity contribution in [3.8, 4) is 5.75 Å². The summed E-state index contributed by atoms with van der Waals surface area (Å²) in [6, 6.07) is 7.96. The molecule has 0 bridgehead atoms. The molecule has 0 aliphatic heterocycles. The van der Waals surface area contributed by atoms with Gasteiger partial charge in [-0.1, -0.05) is 32.9 Å². The van der Waals surface area contributed by atoms with Gasteiger partial charge in [-0.25, -0.2) is 0 Å². The van der Waals surface area contributed by atoms with Crippen LogP contribution in [0.4, 0.5) is 0 Å². The molecule has 3 heteroatoms. The maximum Gasteiger partial charge on any atom is 0.133 e. The van der Waals surface area contributed by atoms with E-state index in [4.69, 9.17) is 4.74 Å². The lowest BCUT2D eigenvalue weighted by Crippen LogP contribution is -2.34. The highest BCUT2D eigenvalue weighted by molar-refractivity contribution is 9.10. The zero-order chi connectivity index (χ0) is 12.7. The molecule has 0 aromatic heterocycles. The minimum absolute atomic E-state index is 0.143. The van der Waals surface area contributed by atoms with Gasteiger partial charge in [-0.2, -0.15) is 0 Å². The number of ether oxygens (including phenoxy) is 1. The molecule has 2 nitrogen and oxygen atoms in total. The Morgan fingerprint density at radius 1 is 1.29 bits per heavy atom. The summed E-state index contributed by atoms with van der Waals surface area (Å²) in [5.74, 6) is 0.913. The molecule has 0 heterocycles. The lowest BCUT2D eigenvalue weighted by Gasteiger charge is -2.25. The van der Waals surface area contributed by atoms with Crippen molar-refractivity contribution in [2.75, 3.05) is 19.7 Å². The van der Waals surface area contributed by atoms with Crippen LogP contribution in [0.5, 0.6) is 5.75 Å². The van der Waals surface area contributed by atoms with Crippen LogP contribution in [0.2, 0.25) is 0 Å². The highest BCUT2D eigenvalue weighted by atomic mass is 79.9. The molecule has 0 radical (unpaired) electrons. The molecule has 0 saturated carbocycles. The molecule has 0 aliphatic carbocycles. The van der Waals surface area contributed by atoms with E-state index in [2.05, 4.69) is 42.0 Å². The molecule has 1 N–H and O–H groups in total. The van der Waals surface area contributed by atoms with Crippen LogP contribution in [-0.4, -0.2) is 19.7 Å².